The van der Waals surface area contributed by atoms with Gasteiger partial charge < -0.3 is 10.1 Å². The van der Waals surface area contributed by atoms with Crippen LogP contribution in [0, 0.1) is 0 Å². The zero-order valence-electron chi connectivity index (χ0n) is 12.3. The molecule has 2 aromatic heterocycles. The Morgan fingerprint density at radius 1 is 0.826 bits per heavy atom. The number of H-pyrrole nitrogens is 1. The van der Waals surface area contributed by atoms with Crippen LogP contribution < -0.4 is 0 Å². The number of rotatable bonds is 3. The maximum Gasteiger partial charge on any atom is 0.138 e. The Labute approximate surface area is 133 Å². The highest BCUT2D eigenvalue weighted by Crippen LogP contribution is 2.25. The minimum atomic E-state index is -0.650. The van der Waals surface area contributed by atoms with Crippen molar-refractivity contribution in [1.82, 2.24) is 15.0 Å². The Bertz CT molecular complexity index is 897. The van der Waals surface area contributed by atoms with Gasteiger partial charge in [-0.1, -0.05) is 36.4 Å². The lowest BCUT2D eigenvalue weighted by Gasteiger charge is -2.11. The summed E-state index contributed by atoms with van der Waals surface area (Å²) in [5.74, 6) is 0.830. The number of para-hydroxylation sites is 2. The van der Waals surface area contributed by atoms with Crippen molar-refractivity contribution >= 4 is 11.0 Å². The average Bonchev–Trinajstić information content (AvgIpc) is 3.06. The van der Waals surface area contributed by atoms with Crippen LogP contribution in [0.25, 0.3) is 22.4 Å². The first-order chi connectivity index (χ1) is 11.3. The molecule has 2 aromatic carbocycles. The van der Waals surface area contributed by atoms with Crippen molar-refractivity contribution in [3.05, 3.63) is 84.2 Å². The quantitative estimate of drug-likeness (QED) is 0.606. The first-order valence-corrected chi connectivity index (χ1v) is 7.44. The summed E-state index contributed by atoms with van der Waals surface area (Å²) in [6.07, 6.45) is 2.71. The van der Waals surface area contributed by atoms with Crippen molar-refractivity contribution in [3.8, 4) is 11.4 Å². The molecule has 4 heteroatoms. The van der Waals surface area contributed by atoms with Crippen LogP contribution in [0.4, 0.5) is 0 Å². The molecule has 0 radical (unpaired) electrons. The number of aliphatic hydroxyl groups excluding tert-OH is 1. The predicted octanol–water partition coefficient (Wildman–Crippen LogP) is 3.71. The van der Waals surface area contributed by atoms with Crippen molar-refractivity contribution in [2.45, 2.75) is 6.10 Å². The maximum atomic E-state index is 10.4. The number of pyridine rings is 1. The fraction of sp³-hybridized carbons (Fsp3) is 0.0526. The highest BCUT2D eigenvalue weighted by molar-refractivity contribution is 5.79. The van der Waals surface area contributed by atoms with E-state index in [9.17, 15) is 5.11 Å². The minimum absolute atomic E-state index is 0.650. The molecule has 2 N–H and O–H groups in total. The van der Waals surface area contributed by atoms with Crippen LogP contribution >= 0.6 is 0 Å². The molecule has 0 saturated carbocycles. The average molecular weight is 301 g/mol. The monoisotopic (exact) mass is 301 g/mol. The van der Waals surface area contributed by atoms with Crippen LogP contribution in [0.5, 0.6) is 0 Å². The molecule has 0 aliphatic heterocycles. The number of imidazole rings is 1. The fourth-order valence-corrected chi connectivity index (χ4v) is 2.65. The van der Waals surface area contributed by atoms with E-state index in [0.29, 0.717) is 0 Å². The van der Waals surface area contributed by atoms with Crippen LogP contribution in [-0.2, 0) is 0 Å². The van der Waals surface area contributed by atoms with Crippen LogP contribution in [-0.4, -0.2) is 20.1 Å². The molecule has 0 aliphatic carbocycles. The van der Waals surface area contributed by atoms with Gasteiger partial charge in [0.15, 0.2) is 0 Å². The third-order valence-electron chi connectivity index (χ3n) is 3.91. The second-order valence-corrected chi connectivity index (χ2v) is 5.41. The topological polar surface area (TPSA) is 61.8 Å². The lowest BCUT2D eigenvalue weighted by Crippen LogP contribution is -1.99. The van der Waals surface area contributed by atoms with E-state index in [1.165, 1.54) is 0 Å². The largest absolute Gasteiger partial charge is 0.384 e. The van der Waals surface area contributed by atoms with Gasteiger partial charge in [0.1, 0.15) is 11.9 Å². The SMILES string of the molecule is OC(c1ccncc1)c1ccc(-c2nc3ccccc3[nH]2)cc1. The molecular formula is C19H15N3O. The van der Waals surface area contributed by atoms with Crippen molar-refractivity contribution in [3.63, 3.8) is 0 Å². The Morgan fingerprint density at radius 3 is 2.26 bits per heavy atom. The van der Waals surface area contributed by atoms with Gasteiger partial charge in [-0.15, -0.1) is 0 Å². The normalized spacial score (nSPS) is 12.4. The first kappa shape index (κ1) is 13.7. The van der Waals surface area contributed by atoms with Gasteiger partial charge in [0.05, 0.1) is 11.0 Å². The van der Waals surface area contributed by atoms with Gasteiger partial charge in [0.25, 0.3) is 0 Å². The molecule has 2 heterocycles. The van der Waals surface area contributed by atoms with Gasteiger partial charge >= 0.3 is 0 Å². The van der Waals surface area contributed by atoms with E-state index >= 15 is 0 Å². The van der Waals surface area contributed by atoms with Crippen molar-refractivity contribution < 1.29 is 5.11 Å². The number of aromatic amines is 1. The molecule has 4 nitrogen and oxygen atoms in total. The maximum absolute atomic E-state index is 10.4. The van der Waals surface area contributed by atoms with Crippen molar-refractivity contribution in [2.24, 2.45) is 0 Å². The molecule has 0 aliphatic rings. The number of nitrogens with zero attached hydrogens (tertiary/aromatic N) is 2. The van der Waals surface area contributed by atoms with Gasteiger partial charge in [0.2, 0.25) is 0 Å². The van der Waals surface area contributed by atoms with Crippen molar-refractivity contribution in [2.75, 3.05) is 0 Å². The summed E-state index contributed by atoms with van der Waals surface area (Å²) in [6.45, 7) is 0. The number of hydrogen-bond acceptors (Lipinski definition) is 3. The minimum Gasteiger partial charge on any atom is -0.384 e. The number of aromatic nitrogens is 3. The Kier molecular flexibility index (Phi) is 3.37. The van der Waals surface area contributed by atoms with Crippen LogP contribution in [0.15, 0.2) is 73.1 Å². The standard InChI is InChI=1S/C19H15N3O/c23-18(14-9-11-20-12-10-14)13-5-7-15(8-6-13)19-21-16-3-1-2-4-17(16)22-19/h1-12,18,23H,(H,21,22). The van der Waals surface area contributed by atoms with E-state index in [-0.39, 0.29) is 0 Å². The summed E-state index contributed by atoms with van der Waals surface area (Å²) in [7, 11) is 0. The predicted molar refractivity (Wildman–Crippen MR) is 89.8 cm³/mol. The Morgan fingerprint density at radius 2 is 1.52 bits per heavy atom. The molecule has 1 atom stereocenters. The molecule has 4 rings (SSSR count). The van der Waals surface area contributed by atoms with E-state index in [1.54, 1.807) is 12.4 Å². The third kappa shape index (κ3) is 2.60. The first-order valence-electron chi connectivity index (χ1n) is 7.44. The van der Waals surface area contributed by atoms with Gasteiger partial charge in [-0.05, 0) is 35.4 Å². The number of benzene rings is 2. The van der Waals surface area contributed by atoms with E-state index in [2.05, 4.69) is 15.0 Å². The molecule has 1 unspecified atom stereocenters. The summed E-state index contributed by atoms with van der Waals surface area (Å²) >= 11 is 0. The van der Waals surface area contributed by atoms with Gasteiger partial charge in [-0.2, -0.15) is 0 Å². The number of hydrogen-bond donors (Lipinski definition) is 2. The second kappa shape index (κ2) is 5.66. The zero-order chi connectivity index (χ0) is 15.6. The van der Waals surface area contributed by atoms with Crippen LogP contribution in [0.3, 0.4) is 0 Å². The molecule has 0 saturated heterocycles. The molecule has 0 spiro atoms. The third-order valence-corrected chi connectivity index (χ3v) is 3.91. The Hall–Kier alpha value is -2.98. The molecule has 112 valence electrons. The summed E-state index contributed by atoms with van der Waals surface area (Å²) in [5, 5.41) is 10.4. The highest BCUT2D eigenvalue weighted by atomic mass is 16.3. The summed E-state index contributed by atoms with van der Waals surface area (Å²) in [5.41, 5.74) is 4.63. The molecule has 23 heavy (non-hydrogen) atoms. The van der Waals surface area contributed by atoms with Gasteiger partial charge in [-0.3, -0.25) is 4.98 Å². The molecule has 0 amide bonds. The Balaban J connectivity index is 1.65. The molecular weight excluding hydrogens is 286 g/mol. The summed E-state index contributed by atoms with van der Waals surface area (Å²) in [4.78, 5) is 11.9. The van der Waals surface area contributed by atoms with E-state index in [1.807, 2.05) is 60.7 Å². The van der Waals surface area contributed by atoms with E-state index < -0.39 is 6.10 Å². The van der Waals surface area contributed by atoms with Gasteiger partial charge in [-0.25, -0.2) is 4.98 Å². The molecule has 0 bridgehead atoms. The zero-order valence-corrected chi connectivity index (χ0v) is 12.3. The fourth-order valence-electron chi connectivity index (χ4n) is 2.65. The van der Waals surface area contributed by atoms with Crippen LogP contribution in [0.1, 0.15) is 17.2 Å². The number of nitrogens with one attached hydrogen (secondary N) is 1. The van der Waals surface area contributed by atoms with Gasteiger partial charge in [0, 0.05) is 18.0 Å². The van der Waals surface area contributed by atoms with Crippen molar-refractivity contribution in [1.29, 1.82) is 0 Å². The molecule has 0 fully saturated rings. The smallest absolute Gasteiger partial charge is 0.138 e. The molecule has 4 aromatic rings. The van der Waals surface area contributed by atoms with Crippen LogP contribution in [0.2, 0.25) is 0 Å². The second-order valence-electron chi connectivity index (χ2n) is 5.41. The summed E-state index contributed by atoms with van der Waals surface area (Å²) < 4.78 is 0. The number of aliphatic hydroxyl groups is 1. The number of fused-ring (bicyclic) bond motifs is 1. The summed E-state index contributed by atoms with van der Waals surface area (Å²) in [6, 6.07) is 19.4. The lowest BCUT2D eigenvalue weighted by molar-refractivity contribution is 0.220. The van der Waals surface area contributed by atoms with E-state index in [0.717, 1.165) is 33.5 Å². The lowest BCUT2D eigenvalue weighted by atomic mass is 10.0. The van der Waals surface area contributed by atoms with E-state index in [4.69, 9.17) is 0 Å². The highest BCUT2D eigenvalue weighted by Gasteiger charge is 2.11.